The van der Waals surface area contributed by atoms with Gasteiger partial charge in [-0.1, -0.05) is 29.5 Å². The fourth-order valence-corrected chi connectivity index (χ4v) is 2.10. The summed E-state index contributed by atoms with van der Waals surface area (Å²) < 4.78 is 10.6. The lowest BCUT2D eigenvalue weighted by Gasteiger charge is -2.08. The van der Waals surface area contributed by atoms with Crippen molar-refractivity contribution < 1.29 is 9.47 Å². The molecule has 1 atom stereocenters. The summed E-state index contributed by atoms with van der Waals surface area (Å²) in [6.07, 6.45) is 0. The molecule has 0 amide bonds. The van der Waals surface area contributed by atoms with Crippen LogP contribution in [0.5, 0.6) is 5.75 Å². The maximum atomic E-state index is 5.81. The van der Waals surface area contributed by atoms with E-state index in [1.54, 1.807) is 7.11 Å². The Morgan fingerprint density at radius 2 is 2.05 bits per heavy atom. The zero-order chi connectivity index (χ0) is 14.1. The van der Waals surface area contributed by atoms with Gasteiger partial charge in [0.25, 0.3) is 0 Å². The van der Waals surface area contributed by atoms with Crippen LogP contribution in [0.2, 0.25) is 0 Å². The average Bonchev–Trinajstić information content (AvgIpc) is 2.37. The second-order valence-corrected chi connectivity index (χ2v) is 5.40. The largest absolute Gasteiger partial charge is 0.493 e. The van der Waals surface area contributed by atoms with Gasteiger partial charge in [-0.25, -0.2) is 0 Å². The van der Waals surface area contributed by atoms with Crippen LogP contribution in [-0.4, -0.2) is 37.3 Å². The van der Waals surface area contributed by atoms with E-state index in [1.165, 1.54) is 17.3 Å². The molecular weight excluding hydrogens is 260 g/mol. The predicted molar refractivity (Wildman–Crippen MR) is 82.1 cm³/mol. The van der Waals surface area contributed by atoms with Gasteiger partial charge in [0.15, 0.2) is 5.17 Å². The van der Waals surface area contributed by atoms with Gasteiger partial charge in [0.1, 0.15) is 5.75 Å². The van der Waals surface area contributed by atoms with Gasteiger partial charge < -0.3 is 15.2 Å². The Bertz CT molecular complexity index is 393. The third kappa shape index (κ3) is 7.08. The van der Waals surface area contributed by atoms with Crippen molar-refractivity contribution in [2.45, 2.75) is 19.9 Å². The molecule has 1 aromatic rings. The van der Waals surface area contributed by atoms with Crippen LogP contribution >= 0.6 is 11.8 Å². The molecule has 19 heavy (non-hydrogen) atoms. The average molecular weight is 282 g/mol. The van der Waals surface area contributed by atoms with Crippen molar-refractivity contribution in [1.29, 1.82) is 0 Å². The molecule has 2 N–H and O–H groups in total. The van der Waals surface area contributed by atoms with Crippen molar-refractivity contribution in [1.82, 2.24) is 0 Å². The first-order valence-corrected chi connectivity index (χ1v) is 7.25. The van der Waals surface area contributed by atoms with Crippen LogP contribution in [0.25, 0.3) is 0 Å². The van der Waals surface area contributed by atoms with E-state index >= 15 is 0 Å². The third-order valence-corrected chi connectivity index (χ3v) is 3.15. The predicted octanol–water partition coefficient (Wildman–Crippen LogP) is 2.46. The van der Waals surface area contributed by atoms with Crippen molar-refractivity contribution in [3.63, 3.8) is 0 Å². The standard InChI is InChI=1S/C14H22N2O2S/c1-11-4-6-13(7-5-11)18-8-9-19-14(15)16-12(2)10-17-3/h4-7,12H,8-10H2,1-3H3,(H2,15,16)/t12-/m0/s1. The Balaban J connectivity index is 2.21. The highest BCUT2D eigenvalue weighted by Crippen LogP contribution is 2.12. The van der Waals surface area contributed by atoms with Crippen LogP contribution in [0, 0.1) is 6.92 Å². The molecule has 0 aliphatic heterocycles. The second-order valence-electron chi connectivity index (χ2n) is 4.28. The summed E-state index contributed by atoms with van der Waals surface area (Å²) in [6.45, 7) is 5.22. The van der Waals surface area contributed by atoms with E-state index in [2.05, 4.69) is 11.9 Å². The first kappa shape index (κ1) is 15.9. The molecule has 5 heteroatoms. The normalized spacial score (nSPS) is 13.3. The zero-order valence-corrected chi connectivity index (χ0v) is 12.6. The van der Waals surface area contributed by atoms with Gasteiger partial charge in [0, 0.05) is 12.9 Å². The van der Waals surface area contributed by atoms with Crippen molar-refractivity contribution >= 4 is 16.9 Å². The number of ether oxygens (including phenoxy) is 2. The molecule has 0 heterocycles. The zero-order valence-electron chi connectivity index (χ0n) is 11.8. The molecule has 0 aliphatic rings. The first-order chi connectivity index (χ1) is 9.11. The molecule has 0 aromatic heterocycles. The minimum absolute atomic E-state index is 0.0931. The van der Waals surface area contributed by atoms with Gasteiger partial charge in [-0.05, 0) is 26.0 Å². The maximum Gasteiger partial charge on any atom is 0.154 e. The number of thioether (sulfide) groups is 1. The van der Waals surface area contributed by atoms with E-state index in [-0.39, 0.29) is 6.04 Å². The smallest absolute Gasteiger partial charge is 0.154 e. The molecular formula is C14H22N2O2S. The second kappa shape index (κ2) is 8.82. The Morgan fingerprint density at radius 3 is 2.68 bits per heavy atom. The summed E-state index contributed by atoms with van der Waals surface area (Å²) in [5, 5.41) is 0.581. The minimum Gasteiger partial charge on any atom is -0.493 e. The Labute approximate surface area is 119 Å². The Kier molecular flexibility index (Phi) is 7.36. The van der Waals surface area contributed by atoms with Gasteiger partial charge >= 0.3 is 0 Å². The third-order valence-electron chi connectivity index (χ3n) is 2.38. The fraction of sp³-hybridized carbons (Fsp3) is 0.500. The maximum absolute atomic E-state index is 5.81. The quantitative estimate of drug-likeness (QED) is 0.474. The van der Waals surface area contributed by atoms with Crippen molar-refractivity contribution in [3.05, 3.63) is 29.8 Å². The number of aryl methyl sites for hydroxylation is 1. The van der Waals surface area contributed by atoms with Crippen molar-refractivity contribution in [3.8, 4) is 5.75 Å². The molecule has 0 bridgehead atoms. The van der Waals surface area contributed by atoms with Gasteiger partial charge in [-0.3, -0.25) is 4.99 Å². The summed E-state index contributed by atoms with van der Waals surface area (Å²) in [4.78, 5) is 4.30. The van der Waals surface area contributed by atoms with E-state index in [4.69, 9.17) is 15.2 Å². The molecule has 0 unspecified atom stereocenters. The summed E-state index contributed by atoms with van der Waals surface area (Å²) in [5.41, 5.74) is 7.03. The molecule has 0 saturated carbocycles. The molecule has 0 radical (unpaired) electrons. The number of nitrogens with zero attached hydrogens (tertiary/aromatic N) is 1. The minimum atomic E-state index is 0.0931. The number of nitrogens with two attached hydrogens (primary N) is 1. The van der Waals surface area contributed by atoms with Crippen molar-refractivity contribution in [2.75, 3.05) is 26.1 Å². The van der Waals surface area contributed by atoms with Crippen LogP contribution in [0.15, 0.2) is 29.3 Å². The van der Waals surface area contributed by atoms with Crippen LogP contribution < -0.4 is 10.5 Å². The molecule has 106 valence electrons. The first-order valence-electron chi connectivity index (χ1n) is 6.26. The number of methoxy groups -OCH3 is 1. The van der Waals surface area contributed by atoms with Gasteiger partial charge in [-0.15, -0.1) is 0 Å². The molecule has 0 spiro atoms. The van der Waals surface area contributed by atoms with E-state index in [9.17, 15) is 0 Å². The van der Waals surface area contributed by atoms with E-state index in [0.717, 1.165) is 11.5 Å². The summed E-state index contributed by atoms with van der Waals surface area (Å²) >= 11 is 1.50. The number of aliphatic imine (C=N–C) groups is 1. The lowest BCUT2D eigenvalue weighted by atomic mass is 10.2. The lowest BCUT2D eigenvalue weighted by Crippen LogP contribution is -2.16. The molecule has 1 aromatic carbocycles. The van der Waals surface area contributed by atoms with Gasteiger partial charge in [0.05, 0.1) is 19.3 Å². The number of hydrogen-bond donors (Lipinski definition) is 1. The highest BCUT2D eigenvalue weighted by atomic mass is 32.2. The lowest BCUT2D eigenvalue weighted by molar-refractivity contribution is 0.186. The van der Waals surface area contributed by atoms with Crippen LogP contribution in [-0.2, 0) is 4.74 Å². The summed E-state index contributed by atoms with van der Waals surface area (Å²) in [5.74, 6) is 1.66. The van der Waals surface area contributed by atoms with Crippen LogP contribution in [0.1, 0.15) is 12.5 Å². The monoisotopic (exact) mass is 282 g/mol. The molecule has 0 fully saturated rings. The van der Waals surface area contributed by atoms with Crippen LogP contribution in [0.4, 0.5) is 0 Å². The van der Waals surface area contributed by atoms with Crippen LogP contribution in [0.3, 0.4) is 0 Å². The Morgan fingerprint density at radius 1 is 1.37 bits per heavy atom. The number of benzene rings is 1. The molecule has 1 rings (SSSR count). The van der Waals surface area contributed by atoms with Gasteiger partial charge in [0.2, 0.25) is 0 Å². The van der Waals surface area contributed by atoms with Crippen molar-refractivity contribution in [2.24, 2.45) is 10.7 Å². The van der Waals surface area contributed by atoms with E-state index in [1.807, 2.05) is 31.2 Å². The topological polar surface area (TPSA) is 56.8 Å². The Hall–Kier alpha value is -1.20. The number of hydrogen-bond acceptors (Lipinski definition) is 4. The fourth-order valence-electron chi connectivity index (χ4n) is 1.47. The highest BCUT2D eigenvalue weighted by molar-refractivity contribution is 8.13. The SMILES string of the molecule is COC[C@H](C)N=C(N)SCCOc1ccc(C)cc1. The van der Waals surface area contributed by atoms with E-state index < -0.39 is 0 Å². The molecule has 0 saturated heterocycles. The number of rotatable bonds is 7. The number of amidine groups is 1. The summed E-state index contributed by atoms with van der Waals surface area (Å²) in [6, 6.07) is 8.10. The molecule has 0 aliphatic carbocycles. The van der Waals surface area contributed by atoms with Gasteiger partial charge in [-0.2, -0.15) is 0 Å². The molecule has 4 nitrogen and oxygen atoms in total. The van der Waals surface area contributed by atoms with E-state index in [0.29, 0.717) is 18.4 Å². The highest BCUT2D eigenvalue weighted by Gasteiger charge is 2.01. The summed E-state index contributed by atoms with van der Waals surface area (Å²) in [7, 11) is 1.66.